The molecule has 6 heteroatoms. The van der Waals surface area contributed by atoms with Crippen molar-refractivity contribution in [2.75, 3.05) is 35.6 Å². The Balaban J connectivity index is 2.27. The third kappa shape index (κ3) is 3.16. The number of anilines is 4. The molecule has 0 saturated carbocycles. The van der Waals surface area contributed by atoms with E-state index in [1.54, 1.807) is 0 Å². The fourth-order valence-corrected chi connectivity index (χ4v) is 1.93. The molecule has 0 spiro atoms. The number of rotatable bonds is 6. The molecule has 0 atom stereocenters. The van der Waals surface area contributed by atoms with Crippen molar-refractivity contribution in [3.05, 3.63) is 36.7 Å². The van der Waals surface area contributed by atoms with Crippen molar-refractivity contribution in [3.63, 3.8) is 0 Å². The summed E-state index contributed by atoms with van der Waals surface area (Å²) in [6.45, 7) is 3.25. The van der Waals surface area contributed by atoms with E-state index in [2.05, 4.69) is 15.3 Å². The van der Waals surface area contributed by atoms with Crippen molar-refractivity contribution in [1.29, 1.82) is 0 Å². The first-order chi connectivity index (χ1) is 9.76. The molecule has 0 radical (unpaired) electrons. The van der Waals surface area contributed by atoms with Crippen molar-refractivity contribution in [1.82, 2.24) is 9.97 Å². The molecule has 0 aliphatic carbocycles. The maximum atomic E-state index is 9.08. The molecule has 1 aromatic carbocycles. The molecule has 4 N–H and O–H groups in total. The molecule has 2 aromatic rings. The lowest BCUT2D eigenvalue weighted by atomic mass is 10.3. The Bertz CT molecular complexity index is 547. The van der Waals surface area contributed by atoms with Gasteiger partial charge in [0.05, 0.1) is 6.61 Å². The van der Waals surface area contributed by atoms with E-state index >= 15 is 0 Å². The first-order valence-electron chi connectivity index (χ1n) is 6.54. The van der Waals surface area contributed by atoms with Gasteiger partial charge in [-0.3, -0.25) is 0 Å². The largest absolute Gasteiger partial charge is 0.395 e. The average molecular weight is 273 g/mol. The second-order valence-electron chi connectivity index (χ2n) is 4.25. The number of aliphatic hydroxyl groups is 1. The van der Waals surface area contributed by atoms with Gasteiger partial charge in [-0.2, -0.15) is 0 Å². The predicted octanol–water partition coefficient (Wildman–Crippen LogP) is 1.62. The first-order valence-corrected chi connectivity index (χ1v) is 6.54. The number of hydrogen-bond donors (Lipinski definition) is 3. The number of aliphatic hydroxyl groups excluding tert-OH is 1. The Morgan fingerprint density at radius 1 is 1.25 bits per heavy atom. The smallest absolute Gasteiger partial charge is 0.159 e. The molecular formula is C14H19N5O. The highest BCUT2D eigenvalue weighted by molar-refractivity contribution is 5.78. The molecule has 1 aromatic heterocycles. The zero-order valence-electron chi connectivity index (χ0n) is 11.5. The van der Waals surface area contributed by atoms with Gasteiger partial charge in [0.2, 0.25) is 0 Å². The Morgan fingerprint density at radius 2 is 2.00 bits per heavy atom. The van der Waals surface area contributed by atoms with Crippen LogP contribution in [0, 0.1) is 0 Å². The lowest BCUT2D eigenvalue weighted by Gasteiger charge is -2.23. The minimum absolute atomic E-state index is 0.0543. The molecular weight excluding hydrogens is 254 g/mol. The van der Waals surface area contributed by atoms with Gasteiger partial charge in [-0.15, -0.1) is 0 Å². The number of nitrogen functional groups attached to an aromatic ring is 1. The normalized spacial score (nSPS) is 10.3. The van der Waals surface area contributed by atoms with Crippen LogP contribution in [0.5, 0.6) is 0 Å². The topological polar surface area (TPSA) is 87.3 Å². The summed E-state index contributed by atoms with van der Waals surface area (Å²) in [7, 11) is 0. The Hall–Kier alpha value is -2.34. The van der Waals surface area contributed by atoms with Crippen LogP contribution in [0.4, 0.5) is 23.0 Å². The number of nitrogens with zero attached hydrogens (tertiary/aromatic N) is 3. The van der Waals surface area contributed by atoms with E-state index in [9.17, 15) is 0 Å². The van der Waals surface area contributed by atoms with Gasteiger partial charge >= 0.3 is 0 Å². The van der Waals surface area contributed by atoms with Gasteiger partial charge in [-0.05, 0) is 19.1 Å². The van der Waals surface area contributed by atoms with E-state index in [1.165, 1.54) is 6.33 Å². The molecule has 6 nitrogen and oxygen atoms in total. The van der Waals surface area contributed by atoms with Crippen LogP contribution < -0.4 is 16.0 Å². The van der Waals surface area contributed by atoms with Gasteiger partial charge in [-0.25, -0.2) is 9.97 Å². The van der Waals surface area contributed by atoms with E-state index in [0.29, 0.717) is 30.4 Å². The highest BCUT2D eigenvalue weighted by Crippen LogP contribution is 2.28. The number of hydrogen-bond acceptors (Lipinski definition) is 6. The zero-order chi connectivity index (χ0) is 14.4. The number of benzene rings is 1. The van der Waals surface area contributed by atoms with Crippen molar-refractivity contribution >= 4 is 23.0 Å². The molecule has 0 bridgehead atoms. The van der Waals surface area contributed by atoms with E-state index in [0.717, 1.165) is 5.69 Å². The highest BCUT2D eigenvalue weighted by atomic mass is 16.3. The number of nitrogens with two attached hydrogens (primary N) is 1. The summed E-state index contributed by atoms with van der Waals surface area (Å²) < 4.78 is 0. The van der Waals surface area contributed by atoms with Crippen molar-refractivity contribution < 1.29 is 5.11 Å². The Kier molecular flexibility index (Phi) is 4.73. The number of likely N-dealkylation sites (N-methyl/N-ethyl adjacent to an activating group) is 1. The molecule has 1 heterocycles. The van der Waals surface area contributed by atoms with E-state index < -0.39 is 0 Å². The van der Waals surface area contributed by atoms with Crippen molar-refractivity contribution in [2.24, 2.45) is 0 Å². The summed E-state index contributed by atoms with van der Waals surface area (Å²) >= 11 is 0. The van der Waals surface area contributed by atoms with Crippen LogP contribution in [0.25, 0.3) is 0 Å². The summed E-state index contributed by atoms with van der Waals surface area (Å²) in [5.41, 5.74) is 7.52. The summed E-state index contributed by atoms with van der Waals surface area (Å²) in [5.74, 6) is 1.20. The molecule has 0 saturated heterocycles. The third-order valence-corrected chi connectivity index (χ3v) is 2.95. The first kappa shape index (κ1) is 14.1. The number of nitrogens with one attached hydrogen (secondary N) is 1. The lowest BCUT2D eigenvalue weighted by molar-refractivity contribution is 0.302. The van der Waals surface area contributed by atoms with Crippen LogP contribution in [0.3, 0.4) is 0 Å². The molecule has 0 amide bonds. The quantitative estimate of drug-likeness (QED) is 0.741. The Labute approximate surface area is 118 Å². The summed E-state index contributed by atoms with van der Waals surface area (Å²) in [6.07, 6.45) is 1.47. The van der Waals surface area contributed by atoms with Gasteiger partial charge in [0, 0.05) is 18.8 Å². The zero-order valence-corrected chi connectivity index (χ0v) is 11.5. The van der Waals surface area contributed by atoms with Gasteiger partial charge in [0.1, 0.15) is 12.0 Å². The van der Waals surface area contributed by atoms with Gasteiger partial charge < -0.3 is 21.1 Å². The third-order valence-electron chi connectivity index (χ3n) is 2.95. The standard InChI is InChI=1S/C14H19N5O/c1-2-19(8-9-20)14-12(15)13(16-10-17-14)18-11-6-4-3-5-7-11/h3-7,10,20H,2,8-9,15H2,1H3,(H,16,17,18). The monoisotopic (exact) mass is 273 g/mol. The minimum Gasteiger partial charge on any atom is -0.395 e. The fraction of sp³-hybridized carbons (Fsp3) is 0.286. The second kappa shape index (κ2) is 6.72. The second-order valence-corrected chi connectivity index (χ2v) is 4.25. The summed E-state index contributed by atoms with van der Waals surface area (Å²) in [5, 5.41) is 12.3. The predicted molar refractivity (Wildman–Crippen MR) is 81.1 cm³/mol. The van der Waals surface area contributed by atoms with E-state index in [1.807, 2.05) is 42.2 Å². The summed E-state index contributed by atoms with van der Waals surface area (Å²) in [6, 6.07) is 9.69. The summed E-state index contributed by atoms with van der Waals surface area (Å²) in [4.78, 5) is 10.3. The SMILES string of the molecule is CCN(CCO)c1ncnc(Nc2ccccc2)c1N. The van der Waals surface area contributed by atoms with Crippen LogP contribution in [0.15, 0.2) is 36.7 Å². The van der Waals surface area contributed by atoms with Crippen LogP contribution in [0.2, 0.25) is 0 Å². The maximum Gasteiger partial charge on any atom is 0.159 e. The number of para-hydroxylation sites is 1. The minimum atomic E-state index is 0.0543. The molecule has 0 fully saturated rings. The van der Waals surface area contributed by atoms with Crippen molar-refractivity contribution in [3.8, 4) is 0 Å². The van der Waals surface area contributed by atoms with Crippen molar-refractivity contribution in [2.45, 2.75) is 6.92 Å². The molecule has 106 valence electrons. The van der Waals surface area contributed by atoms with E-state index in [-0.39, 0.29) is 6.61 Å². The van der Waals surface area contributed by atoms with Gasteiger partial charge in [0.25, 0.3) is 0 Å². The van der Waals surface area contributed by atoms with Crippen LogP contribution in [-0.4, -0.2) is 34.8 Å². The van der Waals surface area contributed by atoms with Gasteiger partial charge in [0.15, 0.2) is 11.6 Å². The van der Waals surface area contributed by atoms with E-state index in [4.69, 9.17) is 10.8 Å². The van der Waals surface area contributed by atoms with Gasteiger partial charge in [-0.1, -0.05) is 18.2 Å². The van der Waals surface area contributed by atoms with Crippen LogP contribution >= 0.6 is 0 Å². The highest BCUT2D eigenvalue weighted by Gasteiger charge is 2.13. The molecule has 0 aliphatic rings. The van der Waals surface area contributed by atoms with Crippen LogP contribution in [0.1, 0.15) is 6.92 Å². The number of aromatic nitrogens is 2. The fourth-order valence-electron chi connectivity index (χ4n) is 1.93. The molecule has 20 heavy (non-hydrogen) atoms. The molecule has 0 aliphatic heterocycles. The molecule has 2 rings (SSSR count). The maximum absolute atomic E-state index is 9.08. The molecule has 0 unspecified atom stereocenters. The van der Waals surface area contributed by atoms with Crippen LogP contribution in [-0.2, 0) is 0 Å². The Morgan fingerprint density at radius 3 is 2.65 bits per heavy atom. The average Bonchev–Trinajstić information content (AvgIpc) is 2.48. The lowest BCUT2D eigenvalue weighted by Crippen LogP contribution is -2.28.